The van der Waals surface area contributed by atoms with Gasteiger partial charge in [0.25, 0.3) is 0 Å². The first-order chi connectivity index (χ1) is 13.3. The molecule has 0 atom stereocenters. The van der Waals surface area contributed by atoms with Crippen LogP contribution in [0.1, 0.15) is 18.1 Å². The zero-order chi connectivity index (χ0) is 20.3. The van der Waals surface area contributed by atoms with E-state index in [9.17, 15) is 13.2 Å². The van der Waals surface area contributed by atoms with E-state index in [0.717, 1.165) is 22.7 Å². The predicted octanol–water partition coefficient (Wildman–Crippen LogP) is 6.33. The zero-order valence-corrected chi connectivity index (χ0v) is 16.8. The maximum absolute atomic E-state index is 13.5. The van der Waals surface area contributed by atoms with Crippen LogP contribution < -0.4 is 10.2 Å². The van der Waals surface area contributed by atoms with Gasteiger partial charge >= 0.3 is 6.18 Å². The molecule has 0 spiro atoms. The van der Waals surface area contributed by atoms with Gasteiger partial charge in [0.05, 0.1) is 0 Å². The Bertz CT molecular complexity index is 941. The summed E-state index contributed by atoms with van der Waals surface area (Å²) in [7, 11) is 1.56. The third-order valence-corrected chi connectivity index (χ3v) is 4.75. The second-order valence-corrected chi connectivity index (χ2v) is 7.06. The molecule has 28 heavy (non-hydrogen) atoms. The first kappa shape index (κ1) is 20.1. The van der Waals surface area contributed by atoms with Gasteiger partial charge in [-0.15, -0.1) is 0 Å². The molecule has 0 fully saturated rings. The number of nitrogens with one attached hydrogen (secondary N) is 1. The maximum atomic E-state index is 13.5. The van der Waals surface area contributed by atoms with E-state index in [1.54, 1.807) is 31.3 Å². The number of aryl methyl sites for hydroxylation is 1. The van der Waals surface area contributed by atoms with Crippen LogP contribution in [0.2, 0.25) is 0 Å². The third kappa shape index (κ3) is 4.62. The van der Waals surface area contributed by atoms with Crippen LogP contribution in [0.4, 0.5) is 36.3 Å². The van der Waals surface area contributed by atoms with Crippen molar-refractivity contribution in [3.63, 3.8) is 0 Å². The summed E-state index contributed by atoms with van der Waals surface area (Å²) in [6.07, 6.45) is -2.91. The van der Waals surface area contributed by atoms with Crippen molar-refractivity contribution in [1.82, 2.24) is 9.97 Å². The number of nitrogens with zero attached hydrogens (tertiary/aromatic N) is 3. The summed E-state index contributed by atoms with van der Waals surface area (Å²) in [5.41, 5.74) is 1.49. The number of halogens is 4. The minimum absolute atomic E-state index is 0.0855. The number of alkyl halides is 3. The van der Waals surface area contributed by atoms with Gasteiger partial charge in [-0.25, -0.2) is 4.98 Å². The van der Waals surface area contributed by atoms with Crippen molar-refractivity contribution < 1.29 is 13.2 Å². The van der Waals surface area contributed by atoms with Crippen molar-refractivity contribution in [2.75, 3.05) is 17.3 Å². The zero-order valence-electron chi connectivity index (χ0n) is 15.3. The average Bonchev–Trinajstić information content (AvgIpc) is 2.68. The van der Waals surface area contributed by atoms with Crippen molar-refractivity contribution >= 4 is 39.1 Å². The normalized spacial score (nSPS) is 11.4. The Morgan fingerprint density at radius 2 is 1.68 bits per heavy atom. The molecule has 4 nitrogen and oxygen atoms in total. The van der Waals surface area contributed by atoms with E-state index in [1.807, 2.05) is 31.2 Å². The first-order valence-corrected chi connectivity index (χ1v) is 9.36. The van der Waals surface area contributed by atoms with Crippen LogP contribution in [0.3, 0.4) is 0 Å². The molecule has 8 heteroatoms. The molecule has 0 saturated heterocycles. The van der Waals surface area contributed by atoms with Gasteiger partial charge in [0, 0.05) is 29.1 Å². The fourth-order valence-corrected chi connectivity index (χ4v) is 2.89. The average molecular weight is 451 g/mol. The summed E-state index contributed by atoms with van der Waals surface area (Å²) in [5, 5.41) is 2.94. The van der Waals surface area contributed by atoms with Crippen molar-refractivity contribution in [3.8, 4) is 0 Å². The minimum Gasteiger partial charge on any atom is -0.329 e. The molecule has 2 aromatic carbocycles. The van der Waals surface area contributed by atoms with E-state index < -0.39 is 11.7 Å². The van der Waals surface area contributed by atoms with Gasteiger partial charge in [0.1, 0.15) is 5.56 Å². The molecule has 0 aliphatic carbocycles. The molecule has 0 amide bonds. The lowest BCUT2D eigenvalue weighted by molar-refractivity contribution is -0.137. The predicted molar refractivity (Wildman–Crippen MR) is 108 cm³/mol. The second kappa shape index (κ2) is 8.18. The molecule has 0 radical (unpaired) electrons. The standard InChI is InChI=1S/C20H18BrF3N4/c1-3-13-4-10-16(11-5-13)28(2)18-17(20(22,23)24)12-25-19(27-18)26-15-8-6-14(21)7-9-15/h4-12H,3H2,1-2H3,(H,25,26,27). The van der Waals surface area contributed by atoms with Crippen LogP contribution in [0.25, 0.3) is 0 Å². The van der Waals surface area contributed by atoms with Gasteiger partial charge in [0.15, 0.2) is 5.82 Å². The van der Waals surface area contributed by atoms with Gasteiger partial charge < -0.3 is 10.2 Å². The number of hydrogen-bond donors (Lipinski definition) is 1. The van der Waals surface area contributed by atoms with Crippen molar-refractivity contribution in [2.45, 2.75) is 19.5 Å². The molecule has 0 aliphatic heterocycles. The fraction of sp³-hybridized carbons (Fsp3) is 0.200. The molecule has 1 N–H and O–H groups in total. The van der Waals surface area contributed by atoms with Gasteiger partial charge in [-0.1, -0.05) is 35.0 Å². The van der Waals surface area contributed by atoms with E-state index >= 15 is 0 Å². The highest BCUT2D eigenvalue weighted by atomic mass is 79.9. The summed E-state index contributed by atoms with van der Waals surface area (Å²) in [6.45, 7) is 2.02. The van der Waals surface area contributed by atoms with E-state index in [1.165, 1.54) is 4.90 Å². The highest BCUT2D eigenvalue weighted by Crippen LogP contribution is 2.37. The Kier molecular flexibility index (Phi) is 5.88. The molecule has 0 aliphatic rings. The lowest BCUT2D eigenvalue weighted by Crippen LogP contribution is -2.19. The van der Waals surface area contributed by atoms with Gasteiger partial charge in [-0.05, 0) is 48.4 Å². The summed E-state index contributed by atoms with van der Waals surface area (Å²) >= 11 is 3.34. The number of hydrogen-bond acceptors (Lipinski definition) is 4. The van der Waals surface area contributed by atoms with Crippen molar-refractivity contribution in [2.24, 2.45) is 0 Å². The Labute approximate surface area is 169 Å². The van der Waals surface area contributed by atoms with E-state index in [0.29, 0.717) is 11.4 Å². The Hall–Kier alpha value is -2.61. The molecule has 3 aromatic rings. The molecule has 146 valence electrons. The molecule has 1 heterocycles. The van der Waals surface area contributed by atoms with E-state index in [2.05, 4.69) is 31.2 Å². The minimum atomic E-state index is -4.57. The smallest absolute Gasteiger partial charge is 0.329 e. The SMILES string of the molecule is CCc1ccc(N(C)c2nc(Nc3ccc(Br)cc3)ncc2C(F)(F)F)cc1. The summed E-state index contributed by atoms with van der Waals surface area (Å²) in [4.78, 5) is 9.41. The molecule has 0 unspecified atom stereocenters. The number of rotatable bonds is 5. The second-order valence-electron chi connectivity index (χ2n) is 6.14. The molecule has 0 saturated carbocycles. The summed E-state index contributed by atoms with van der Waals surface area (Å²) in [5.74, 6) is -0.131. The highest BCUT2D eigenvalue weighted by Gasteiger charge is 2.36. The molecular weight excluding hydrogens is 433 g/mol. The summed E-state index contributed by atoms with van der Waals surface area (Å²) in [6, 6.07) is 14.5. The summed E-state index contributed by atoms with van der Waals surface area (Å²) < 4.78 is 41.4. The molecule has 1 aromatic heterocycles. The van der Waals surface area contributed by atoms with Gasteiger partial charge in [0.2, 0.25) is 5.95 Å². The lowest BCUT2D eigenvalue weighted by atomic mass is 10.1. The van der Waals surface area contributed by atoms with Gasteiger partial charge in [-0.3, -0.25) is 0 Å². The lowest BCUT2D eigenvalue weighted by Gasteiger charge is -2.23. The molecule has 3 rings (SSSR count). The fourth-order valence-electron chi connectivity index (χ4n) is 2.63. The van der Waals surface area contributed by atoms with Crippen LogP contribution >= 0.6 is 15.9 Å². The Balaban J connectivity index is 1.98. The van der Waals surface area contributed by atoms with Crippen molar-refractivity contribution in [3.05, 3.63) is 70.3 Å². The topological polar surface area (TPSA) is 41.1 Å². The highest BCUT2D eigenvalue weighted by molar-refractivity contribution is 9.10. The monoisotopic (exact) mass is 450 g/mol. The largest absolute Gasteiger partial charge is 0.421 e. The first-order valence-electron chi connectivity index (χ1n) is 8.57. The Morgan fingerprint density at radius 3 is 2.25 bits per heavy atom. The number of benzene rings is 2. The Morgan fingerprint density at radius 1 is 1.04 bits per heavy atom. The molecular formula is C20H18BrF3N4. The maximum Gasteiger partial charge on any atom is 0.421 e. The van der Waals surface area contributed by atoms with Crippen LogP contribution in [0, 0.1) is 0 Å². The number of aromatic nitrogens is 2. The van der Waals surface area contributed by atoms with Gasteiger partial charge in [-0.2, -0.15) is 18.2 Å². The van der Waals surface area contributed by atoms with Crippen molar-refractivity contribution in [1.29, 1.82) is 0 Å². The van der Waals surface area contributed by atoms with Crippen LogP contribution in [0.15, 0.2) is 59.2 Å². The number of anilines is 4. The van der Waals surface area contributed by atoms with E-state index in [4.69, 9.17) is 0 Å². The third-order valence-electron chi connectivity index (χ3n) is 4.22. The van der Waals surface area contributed by atoms with E-state index in [-0.39, 0.29) is 11.8 Å². The quantitative estimate of drug-likeness (QED) is 0.492. The molecule has 0 bridgehead atoms. The van der Waals surface area contributed by atoms with Crippen LogP contribution in [0.5, 0.6) is 0 Å². The van der Waals surface area contributed by atoms with Crippen LogP contribution in [-0.4, -0.2) is 17.0 Å². The van der Waals surface area contributed by atoms with Crippen LogP contribution in [-0.2, 0) is 12.6 Å².